The Morgan fingerprint density at radius 1 is 0.923 bits per heavy atom. The van der Waals surface area contributed by atoms with E-state index in [4.69, 9.17) is 18.9 Å². The van der Waals surface area contributed by atoms with Crippen molar-refractivity contribution >= 4 is 11.6 Å². The van der Waals surface area contributed by atoms with Gasteiger partial charge in [0.25, 0.3) is 5.91 Å². The van der Waals surface area contributed by atoms with E-state index in [1.54, 1.807) is 24.3 Å². The molecule has 1 amide bonds. The monoisotopic (exact) mass is 541 g/mol. The van der Waals surface area contributed by atoms with Crippen LogP contribution in [0.15, 0.2) is 78.1 Å². The highest BCUT2D eigenvalue weighted by atomic mass is 16.8. The van der Waals surface area contributed by atoms with Crippen LogP contribution < -0.4 is 10.1 Å². The maximum Gasteiger partial charge on any atom is 0.255 e. The van der Waals surface area contributed by atoms with E-state index in [9.17, 15) is 30.3 Å². The molecule has 5 rings (SSSR count). The van der Waals surface area contributed by atoms with Crippen LogP contribution >= 0.6 is 0 Å². The first-order valence-corrected chi connectivity index (χ1v) is 12.6. The molecule has 2 aromatic carbocycles. The molecule has 1 saturated heterocycles. The normalized spacial score (nSPS) is 31.9. The van der Waals surface area contributed by atoms with Crippen LogP contribution in [-0.2, 0) is 19.0 Å². The molecule has 11 nitrogen and oxygen atoms in total. The summed E-state index contributed by atoms with van der Waals surface area (Å²) in [6, 6.07) is 16.2. The van der Waals surface area contributed by atoms with Crippen molar-refractivity contribution in [3.63, 3.8) is 0 Å². The number of aliphatic hydroxyl groups is 5. The Kier molecular flexibility index (Phi) is 8.29. The first-order chi connectivity index (χ1) is 18.9. The van der Waals surface area contributed by atoms with Gasteiger partial charge >= 0.3 is 0 Å². The molecule has 0 aromatic heterocycles. The van der Waals surface area contributed by atoms with Gasteiger partial charge in [-0.05, 0) is 48.4 Å². The number of fused-ring (bicyclic) bond motifs is 1. The van der Waals surface area contributed by atoms with Crippen LogP contribution in [0.3, 0.4) is 0 Å². The van der Waals surface area contributed by atoms with E-state index in [0.717, 1.165) is 0 Å². The van der Waals surface area contributed by atoms with E-state index in [0.29, 0.717) is 34.8 Å². The Morgan fingerprint density at radius 2 is 1.64 bits per heavy atom. The Hall–Kier alpha value is -3.29. The first kappa shape index (κ1) is 27.3. The van der Waals surface area contributed by atoms with Crippen molar-refractivity contribution in [2.75, 3.05) is 18.5 Å². The maximum absolute atomic E-state index is 13.2. The lowest BCUT2D eigenvalue weighted by molar-refractivity contribution is -0.339. The number of nitrogens with one attached hydrogen (secondary N) is 1. The number of aliphatic hydroxyl groups excluding tert-OH is 5. The Morgan fingerprint density at radius 3 is 2.33 bits per heavy atom. The molecule has 0 spiro atoms. The van der Waals surface area contributed by atoms with Crippen molar-refractivity contribution in [3.8, 4) is 11.5 Å². The molecule has 0 bridgehead atoms. The summed E-state index contributed by atoms with van der Waals surface area (Å²) in [5.41, 5.74) is 1.49. The molecule has 2 aliphatic heterocycles. The van der Waals surface area contributed by atoms with Gasteiger partial charge in [0.05, 0.1) is 31.0 Å². The third-order valence-corrected chi connectivity index (χ3v) is 7.17. The highest BCUT2D eigenvalue weighted by Gasteiger charge is 2.49. The van der Waals surface area contributed by atoms with Gasteiger partial charge in [-0.25, -0.2) is 0 Å². The fourth-order valence-electron chi connectivity index (χ4n) is 5.07. The SMILES string of the molecule is O=C(Nc1ccc(Oc2ccccc2)cc1)C1=CO[C@@H](O[C@@H]2O[C@H](CO)[C@@H](O)[C@H](O)[C@H]2O)[C@@H]2C(CO)=CC[C@H]12. The molecule has 39 heavy (non-hydrogen) atoms. The van der Waals surface area contributed by atoms with Crippen LogP contribution in [0.1, 0.15) is 6.42 Å². The number of rotatable bonds is 8. The average molecular weight is 542 g/mol. The van der Waals surface area contributed by atoms with E-state index in [1.165, 1.54) is 6.26 Å². The highest BCUT2D eigenvalue weighted by Crippen LogP contribution is 2.44. The van der Waals surface area contributed by atoms with Crippen LogP contribution in [0, 0.1) is 11.8 Å². The van der Waals surface area contributed by atoms with Crippen LogP contribution in [-0.4, -0.2) is 81.6 Å². The number of para-hydroxylation sites is 1. The molecule has 1 fully saturated rings. The van der Waals surface area contributed by atoms with Crippen molar-refractivity contribution in [1.82, 2.24) is 0 Å². The lowest BCUT2D eigenvalue weighted by Gasteiger charge is -2.43. The minimum Gasteiger partial charge on any atom is -0.471 e. The molecule has 208 valence electrons. The summed E-state index contributed by atoms with van der Waals surface area (Å²) in [4.78, 5) is 13.2. The molecule has 6 N–H and O–H groups in total. The van der Waals surface area contributed by atoms with Crippen molar-refractivity contribution in [3.05, 3.63) is 78.1 Å². The lowest BCUT2D eigenvalue weighted by atomic mass is 9.83. The zero-order valence-corrected chi connectivity index (χ0v) is 20.9. The van der Waals surface area contributed by atoms with Crippen LogP contribution in [0.5, 0.6) is 11.5 Å². The van der Waals surface area contributed by atoms with E-state index in [1.807, 2.05) is 36.4 Å². The zero-order chi connectivity index (χ0) is 27.5. The molecule has 0 saturated carbocycles. The molecule has 3 aliphatic rings. The molecule has 0 unspecified atom stereocenters. The van der Waals surface area contributed by atoms with Crippen molar-refractivity contribution in [1.29, 1.82) is 0 Å². The number of hydrogen-bond donors (Lipinski definition) is 6. The Labute approximate surface area is 224 Å². The highest BCUT2D eigenvalue weighted by molar-refractivity contribution is 6.04. The van der Waals surface area contributed by atoms with Gasteiger partial charge in [-0.3, -0.25) is 4.79 Å². The van der Waals surface area contributed by atoms with Crippen LogP contribution in [0.2, 0.25) is 0 Å². The van der Waals surface area contributed by atoms with Crippen LogP contribution in [0.4, 0.5) is 5.69 Å². The second kappa shape index (κ2) is 11.8. The average Bonchev–Trinajstić information content (AvgIpc) is 3.40. The summed E-state index contributed by atoms with van der Waals surface area (Å²) in [6.45, 7) is -0.898. The van der Waals surface area contributed by atoms with Crippen molar-refractivity contribution in [2.24, 2.45) is 11.8 Å². The number of carbonyl (C=O) groups excluding carboxylic acids is 1. The van der Waals surface area contributed by atoms with E-state index >= 15 is 0 Å². The number of amides is 1. The standard InChI is InChI=1S/C28H31NO10/c30-12-15-6-11-19-20(26(35)29-16-7-9-18(10-8-16)37-17-4-2-1-3-5-17)14-36-27(22(15)19)39-28-25(34)24(33)23(32)21(13-31)38-28/h1-10,14,19,21-25,27-28,30-34H,11-13H2,(H,29,35)/t19-,21-,22-,23-,24+,25-,27+,28+/m1/s1. The van der Waals surface area contributed by atoms with Crippen LogP contribution in [0.25, 0.3) is 0 Å². The number of ether oxygens (including phenoxy) is 4. The molecular formula is C28H31NO10. The summed E-state index contributed by atoms with van der Waals surface area (Å²) >= 11 is 0. The minimum atomic E-state index is -1.62. The topological polar surface area (TPSA) is 167 Å². The number of benzene rings is 2. The maximum atomic E-state index is 13.2. The number of hydrogen-bond acceptors (Lipinski definition) is 10. The number of anilines is 1. The summed E-state index contributed by atoms with van der Waals surface area (Å²) in [5, 5.41) is 52.7. The van der Waals surface area contributed by atoms with E-state index in [2.05, 4.69) is 5.32 Å². The van der Waals surface area contributed by atoms with Crippen molar-refractivity contribution in [2.45, 2.75) is 43.4 Å². The molecule has 0 radical (unpaired) electrons. The minimum absolute atomic E-state index is 0.295. The fourth-order valence-corrected chi connectivity index (χ4v) is 5.07. The molecular weight excluding hydrogens is 510 g/mol. The molecule has 2 aromatic rings. The number of carbonyl (C=O) groups is 1. The molecule has 2 heterocycles. The third kappa shape index (κ3) is 5.70. The quantitative estimate of drug-likeness (QED) is 0.266. The van der Waals surface area contributed by atoms with E-state index in [-0.39, 0.29) is 12.5 Å². The molecule has 1 aliphatic carbocycles. The van der Waals surface area contributed by atoms with Gasteiger partial charge in [-0.2, -0.15) is 0 Å². The second-order valence-electron chi connectivity index (χ2n) is 9.61. The Bertz CT molecular complexity index is 1200. The first-order valence-electron chi connectivity index (χ1n) is 12.6. The lowest BCUT2D eigenvalue weighted by Crippen LogP contribution is -2.60. The predicted octanol–water partition coefficient (Wildman–Crippen LogP) is 1.03. The molecule has 8 atom stereocenters. The Balaban J connectivity index is 1.27. The smallest absolute Gasteiger partial charge is 0.255 e. The van der Waals surface area contributed by atoms with Gasteiger partial charge in [-0.1, -0.05) is 24.3 Å². The summed E-state index contributed by atoms with van der Waals surface area (Å²) in [7, 11) is 0. The predicted molar refractivity (Wildman–Crippen MR) is 136 cm³/mol. The summed E-state index contributed by atoms with van der Waals surface area (Å²) in [5.74, 6) is -0.0502. The van der Waals surface area contributed by atoms with Gasteiger partial charge < -0.3 is 49.8 Å². The zero-order valence-electron chi connectivity index (χ0n) is 20.9. The van der Waals surface area contributed by atoms with Crippen molar-refractivity contribution < 1.29 is 49.3 Å². The van der Waals surface area contributed by atoms with Gasteiger partial charge in [0.1, 0.15) is 35.9 Å². The summed E-state index contributed by atoms with van der Waals surface area (Å²) in [6.07, 6.45) is -4.86. The van der Waals surface area contributed by atoms with E-state index < -0.39 is 55.4 Å². The number of allylic oxidation sites excluding steroid dienone is 1. The third-order valence-electron chi connectivity index (χ3n) is 7.17. The van der Waals surface area contributed by atoms with Gasteiger partial charge in [0, 0.05) is 11.6 Å². The fraction of sp³-hybridized carbons (Fsp3) is 0.393. The second-order valence-corrected chi connectivity index (χ2v) is 9.61. The molecule has 11 heteroatoms. The van der Waals surface area contributed by atoms with Gasteiger partial charge in [-0.15, -0.1) is 0 Å². The summed E-state index contributed by atoms with van der Waals surface area (Å²) < 4.78 is 22.8. The van der Waals surface area contributed by atoms with Gasteiger partial charge in [0.2, 0.25) is 6.29 Å². The van der Waals surface area contributed by atoms with Gasteiger partial charge in [0.15, 0.2) is 6.29 Å². The largest absolute Gasteiger partial charge is 0.471 e.